The molecule has 0 radical (unpaired) electrons. The SMILES string of the molecule is CC1(C)CC(=O)C2=C(C1)OC(c1c3ccccc3cc3ccccc13)C(C#N)C2=N. The van der Waals surface area contributed by atoms with Gasteiger partial charge in [0.15, 0.2) is 5.78 Å². The lowest BCUT2D eigenvalue weighted by Crippen LogP contribution is -2.38. The van der Waals surface area contributed by atoms with Crippen molar-refractivity contribution in [2.24, 2.45) is 11.3 Å². The van der Waals surface area contributed by atoms with Crippen LogP contribution in [0.5, 0.6) is 0 Å². The number of carbonyl (C=O) groups is 1. The standard InChI is InChI=1S/C26H22N2O2/c1-26(2)12-20(29)23-21(13-26)30-25(19(14-27)24(23)28)22-17-9-5-3-7-15(17)11-16-8-4-6-10-18(16)22/h3-11,19,25,28H,12-13H2,1-2H3. The van der Waals surface area contributed by atoms with Crippen molar-refractivity contribution in [3.8, 4) is 6.07 Å². The first-order valence-corrected chi connectivity index (χ1v) is 10.2. The van der Waals surface area contributed by atoms with Gasteiger partial charge in [-0.2, -0.15) is 5.26 Å². The van der Waals surface area contributed by atoms with Crippen LogP contribution in [0.4, 0.5) is 0 Å². The number of hydrogen-bond acceptors (Lipinski definition) is 4. The van der Waals surface area contributed by atoms with E-state index in [4.69, 9.17) is 10.1 Å². The van der Waals surface area contributed by atoms with E-state index in [1.165, 1.54) is 0 Å². The van der Waals surface area contributed by atoms with Crippen molar-refractivity contribution in [2.45, 2.75) is 32.8 Å². The third-order valence-corrected chi connectivity index (χ3v) is 6.22. The zero-order valence-electron chi connectivity index (χ0n) is 17.0. The van der Waals surface area contributed by atoms with Crippen molar-refractivity contribution < 1.29 is 9.53 Å². The van der Waals surface area contributed by atoms with Crippen LogP contribution < -0.4 is 0 Å². The molecule has 5 rings (SSSR count). The van der Waals surface area contributed by atoms with Crippen LogP contribution in [-0.4, -0.2) is 11.5 Å². The molecular weight excluding hydrogens is 372 g/mol. The minimum absolute atomic E-state index is 0.0901. The second-order valence-corrected chi connectivity index (χ2v) is 9.03. The highest BCUT2D eigenvalue weighted by atomic mass is 16.5. The van der Waals surface area contributed by atoms with Gasteiger partial charge in [-0.15, -0.1) is 0 Å². The fourth-order valence-corrected chi connectivity index (χ4v) is 4.91. The highest BCUT2D eigenvalue weighted by molar-refractivity contribution is 6.24. The largest absolute Gasteiger partial charge is 0.487 e. The number of nitriles is 1. The molecule has 1 aliphatic carbocycles. The Balaban J connectivity index is 1.78. The van der Waals surface area contributed by atoms with E-state index in [1.54, 1.807) is 0 Å². The number of nitrogens with one attached hydrogen (secondary N) is 1. The summed E-state index contributed by atoms with van der Waals surface area (Å²) >= 11 is 0. The summed E-state index contributed by atoms with van der Waals surface area (Å²) in [5, 5.41) is 22.9. The highest BCUT2D eigenvalue weighted by Crippen LogP contribution is 2.48. The summed E-state index contributed by atoms with van der Waals surface area (Å²) in [5.74, 6) is -0.356. The van der Waals surface area contributed by atoms with Crippen LogP contribution in [0, 0.1) is 28.1 Å². The third kappa shape index (κ3) is 2.74. The molecule has 1 heterocycles. The minimum Gasteiger partial charge on any atom is -0.487 e. The molecular formula is C26H22N2O2. The first kappa shape index (κ1) is 18.6. The van der Waals surface area contributed by atoms with E-state index in [0.717, 1.165) is 27.1 Å². The van der Waals surface area contributed by atoms with Gasteiger partial charge in [-0.05, 0) is 33.0 Å². The van der Waals surface area contributed by atoms with E-state index in [2.05, 4.69) is 24.3 Å². The van der Waals surface area contributed by atoms with E-state index in [9.17, 15) is 10.1 Å². The van der Waals surface area contributed by atoms with Gasteiger partial charge >= 0.3 is 0 Å². The molecule has 0 amide bonds. The van der Waals surface area contributed by atoms with Crippen LogP contribution in [0.2, 0.25) is 0 Å². The van der Waals surface area contributed by atoms with Crippen LogP contribution >= 0.6 is 0 Å². The average Bonchev–Trinajstić information content (AvgIpc) is 2.70. The topological polar surface area (TPSA) is 73.9 Å². The number of allylic oxidation sites excluding steroid dienone is 2. The Kier molecular flexibility index (Phi) is 4.04. The number of benzene rings is 3. The number of carbonyl (C=O) groups excluding carboxylic acids is 1. The second-order valence-electron chi connectivity index (χ2n) is 9.03. The van der Waals surface area contributed by atoms with Crippen LogP contribution in [0.3, 0.4) is 0 Å². The maximum Gasteiger partial charge on any atom is 0.168 e. The molecule has 2 atom stereocenters. The van der Waals surface area contributed by atoms with Gasteiger partial charge in [0.25, 0.3) is 0 Å². The smallest absolute Gasteiger partial charge is 0.168 e. The Labute approximate surface area is 175 Å². The van der Waals surface area contributed by atoms with Gasteiger partial charge in [0, 0.05) is 18.4 Å². The lowest BCUT2D eigenvalue weighted by Gasteiger charge is -2.39. The number of Topliss-reactive ketones (excluding diaryl/α,β-unsaturated/α-hetero) is 1. The lowest BCUT2D eigenvalue weighted by atomic mass is 9.72. The molecule has 3 aromatic carbocycles. The number of nitrogens with zero attached hydrogens (tertiary/aromatic N) is 1. The van der Waals surface area contributed by atoms with Crippen molar-refractivity contribution >= 4 is 33.0 Å². The van der Waals surface area contributed by atoms with Crippen molar-refractivity contribution in [1.29, 1.82) is 10.7 Å². The molecule has 2 unspecified atom stereocenters. The van der Waals surface area contributed by atoms with Crippen molar-refractivity contribution in [3.63, 3.8) is 0 Å². The average molecular weight is 394 g/mol. The summed E-state index contributed by atoms with van der Waals surface area (Å²) in [5.41, 5.74) is 1.12. The van der Waals surface area contributed by atoms with E-state index in [1.807, 2.05) is 50.2 Å². The van der Waals surface area contributed by atoms with Gasteiger partial charge in [-0.3, -0.25) is 4.79 Å². The Hall–Kier alpha value is -3.45. The normalized spacial score (nSPS) is 23.2. The first-order chi connectivity index (χ1) is 14.4. The van der Waals surface area contributed by atoms with Gasteiger partial charge in [-0.25, -0.2) is 0 Å². The van der Waals surface area contributed by atoms with E-state index >= 15 is 0 Å². The maximum absolute atomic E-state index is 12.8. The second kappa shape index (κ2) is 6.53. The molecule has 0 bridgehead atoms. The summed E-state index contributed by atoms with van der Waals surface area (Å²) in [4.78, 5) is 12.8. The first-order valence-electron chi connectivity index (χ1n) is 10.2. The molecule has 0 spiro atoms. The Morgan fingerprint density at radius 3 is 2.23 bits per heavy atom. The van der Waals surface area contributed by atoms with Crippen LogP contribution in [-0.2, 0) is 9.53 Å². The predicted molar refractivity (Wildman–Crippen MR) is 117 cm³/mol. The Morgan fingerprint density at radius 2 is 1.63 bits per heavy atom. The molecule has 30 heavy (non-hydrogen) atoms. The molecule has 3 aromatic rings. The number of ketones is 1. The van der Waals surface area contributed by atoms with E-state index < -0.39 is 12.0 Å². The molecule has 148 valence electrons. The van der Waals surface area contributed by atoms with Crippen molar-refractivity contribution in [2.75, 3.05) is 0 Å². The van der Waals surface area contributed by atoms with Crippen LogP contribution in [0.25, 0.3) is 21.5 Å². The van der Waals surface area contributed by atoms with Crippen molar-refractivity contribution in [3.05, 3.63) is 71.5 Å². The molecule has 4 heteroatoms. The lowest BCUT2D eigenvalue weighted by molar-refractivity contribution is -0.118. The zero-order valence-corrected chi connectivity index (χ0v) is 17.0. The van der Waals surface area contributed by atoms with Gasteiger partial charge in [0.1, 0.15) is 17.8 Å². The molecule has 0 aromatic heterocycles. The van der Waals surface area contributed by atoms with E-state index in [0.29, 0.717) is 24.2 Å². The predicted octanol–water partition coefficient (Wildman–Crippen LogP) is 5.87. The molecule has 0 saturated carbocycles. The fourth-order valence-electron chi connectivity index (χ4n) is 4.91. The zero-order chi connectivity index (χ0) is 21.0. The quantitative estimate of drug-likeness (QED) is 0.525. The third-order valence-electron chi connectivity index (χ3n) is 6.22. The molecule has 2 aliphatic rings. The summed E-state index contributed by atoms with van der Waals surface area (Å²) in [6, 6.07) is 20.6. The highest BCUT2D eigenvalue weighted by Gasteiger charge is 2.45. The summed E-state index contributed by atoms with van der Waals surface area (Å²) in [6.45, 7) is 4.08. The number of fused-ring (bicyclic) bond motifs is 2. The molecule has 1 N–H and O–H groups in total. The van der Waals surface area contributed by atoms with Gasteiger partial charge in [0.05, 0.1) is 17.4 Å². The Morgan fingerprint density at radius 1 is 1.03 bits per heavy atom. The van der Waals surface area contributed by atoms with Gasteiger partial charge in [0.2, 0.25) is 0 Å². The van der Waals surface area contributed by atoms with Crippen LogP contribution in [0.15, 0.2) is 65.9 Å². The van der Waals surface area contributed by atoms with Crippen molar-refractivity contribution in [1.82, 2.24) is 0 Å². The summed E-state index contributed by atoms with van der Waals surface area (Å²) in [6.07, 6.45) is 0.338. The molecule has 1 aliphatic heterocycles. The molecule has 0 fully saturated rings. The fraction of sp³-hybridized carbons (Fsp3) is 0.269. The summed E-state index contributed by atoms with van der Waals surface area (Å²) in [7, 11) is 0. The number of rotatable bonds is 1. The number of hydrogen-bond donors (Lipinski definition) is 1. The summed E-state index contributed by atoms with van der Waals surface area (Å²) < 4.78 is 6.47. The Bertz CT molecular complexity index is 1260. The maximum atomic E-state index is 12.8. The van der Waals surface area contributed by atoms with Crippen LogP contribution in [0.1, 0.15) is 38.4 Å². The van der Waals surface area contributed by atoms with Gasteiger partial charge < -0.3 is 10.1 Å². The van der Waals surface area contributed by atoms with E-state index in [-0.39, 0.29) is 16.9 Å². The number of ether oxygens (including phenoxy) is 1. The molecule has 0 saturated heterocycles. The minimum atomic E-state index is -0.830. The van der Waals surface area contributed by atoms with Gasteiger partial charge in [-0.1, -0.05) is 62.4 Å². The molecule has 4 nitrogen and oxygen atoms in total. The monoisotopic (exact) mass is 394 g/mol.